The Labute approximate surface area is 131 Å². The molecule has 3 heteroatoms. The summed E-state index contributed by atoms with van der Waals surface area (Å²) >= 11 is 0. The molecule has 2 aliphatic carbocycles. The van der Waals surface area contributed by atoms with Crippen molar-refractivity contribution in [2.45, 2.75) is 50.7 Å². The van der Waals surface area contributed by atoms with Gasteiger partial charge in [-0.05, 0) is 37.4 Å². The number of benzene rings is 1. The first-order valence-corrected chi connectivity index (χ1v) is 8.56. The zero-order valence-corrected chi connectivity index (χ0v) is 13.2. The fourth-order valence-electron chi connectivity index (χ4n) is 5.84. The summed E-state index contributed by atoms with van der Waals surface area (Å²) in [6.45, 7) is 5.67. The molecular formula is C19H23NO2. The van der Waals surface area contributed by atoms with Crippen LogP contribution in [0.15, 0.2) is 24.3 Å². The molecule has 5 atom stereocenters. The summed E-state index contributed by atoms with van der Waals surface area (Å²) in [5.41, 5.74) is 2.80. The molecule has 22 heavy (non-hydrogen) atoms. The molecular weight excluding hydrogens is 274 g/mol. The SMILES string of the molecule is CCC1C=CC2(C)C3Cc4ccc(O)c5c4C2(CCN3)C1O5. The van der Waals surface area contributed by atoms with Crippen LogP contribution in [0, 0.1) is 11.3 Å². The average Bonchev–Trinajstić information content (AvgIpc) is 2.84. The first kappa shape index (κ1) is 13.0. The van der Waals surface area contributed by atoms with E-state index in [1.807, 2.05) is 6.07 Å². The Morgan fingerprint density at radius 3 is 3.09 bits per heavy atom. The molecule has 4 aliphatic rings. The van der Waals surface area contributed by atoms with Gasteiger partial charge in [0, 0.05) is 28.4 Å². The Morgan fingerprint density at radius 1 is 1.41 bits per heavy atom. The minimum absolute atomic E-state index is 0.0278. The fourth-order valence-corrected chi connectivity index (χ4v) is 5.84. The highest BCUT2D eigenvalue weighted by Gasteiger charge is 2.68. The monoisotopic (exact) mass is 297 g/mol. The Morgan fingerprint density at radius 2 is 2.27 bits per heavy atom. The third kappa shape index (κ3) is 1.18. The van der Waals surface area contributed by atoms with Crippen LogP contribution >= 0.6 is 0 Å². The summed E-state index contributed by atoms with van der Waals surface area (Å²) in [6, 6.07) is 4.39. The highest BCUT2D eigenvalue weighted by atomic mass is 16.5. The molecule has 1 saturated heterocycles. The molecule has 1 fully saturated rings. The molecule has 5 unspecified atom stereocenters. The van der Waals surface area contributed by atoms with Crippen LogP contribution < -0.4 is 10.1 Å². The molecule has 2 heterocycles. The third-order valence-electron chi connectivity index (χ3n) is 6.97. The second-order valence-electron chi connectivity index (χ2n) is 7.63. The summed E-state index contributed by atoms with van der Waals surface area (Å²) < 4.78 is 6.45. The normalized spacial score (nSPS) is 43.6. The van der Waals surface area contributed by atoms with Gasteiger partial charge < -0.3 is 15.2 Å². The van der Waals surface area contributed by atoms with Gasteiger partial charge in [-0.3, -0.25) is 0 Å². The van der Waals surface area contributed by atoms with Crippen LogP contribution in [0.1, 0.15) is 37.8 Å². The largest absolute Gasteiger partial charge is 0.504 e. The molecule has 2 aliphatic heterocycles. The number of hydrogen-bond acceptors (Lipinski definition) is 3. The van der Waals surface area contributed by atoms with Crippen LogP contribution in [0.3, 0.4) is 0 Å². The Bertz CT molecular complexity index is 697. The van der Waals surface area contributed by atoms with Crippen LogP contribution in [0.2, 0.25) is 0 Å². The Balaban J connectivity index is 1.87. The summed E-state index contributed by atoms with van der Waals surface area (Å²) in [5, 5.41) is 14.1. The van der Waals surface area contributed by atoms with E-state index in [9.17, 15) is 5.11 Å². The molecule has 0 radical (unpaired) electrons. The molecule has 116 valence electrons. The Kier molecular flexibility index (Phi) is 2.30. The van der Waals surface area contributed by atoms with Crippen molar-refractivity contribution in [3.63, 3.8) is 0 Å². The lowest BCUT2D eigenvalue weighted by Gasteiger charge is -2.61. The Hall–Kier alpha value is -1.48. The number of phenols is 1. The number of rotatable bonds is 1. The minimum Gasteiger partial charge on any atom is -0.504 e. The predicted octanol–water partition coefficient (Wildman–Crippen LogP) is 2.91. The van der Waals surface area contributed by atoms with Gasteiger partial charge in [-0.25, -0.2) is 0 Å². The molecule has 0 amide bonds. The second-order valence-corrected chi connectivity index (χ2v) is 7.63. The fraction of sp³-hybridized carbons (Fsp3) is 0.579. The van der Waals surface area contributed by atoms with E-state index in [1.165, 1.54) is 11.1 Å². The lowest BCUT2D eigenvalue weighted by atomic mass is 9.45. The van der Waals surface area contributed by atoms with Gasteiger partial charge in [-0.15, -0.1) is 0 Å². The average molecular weight is 297 g/mol. The number of phenolic OH excluding ortho intramolecular Hbond substituents is 1. The maximum atomic E-state index is 10.4. The van der Waals surface area contributed by atoms with E-state index in [1.54, 1.807) is 0 Å². The highest BCUT2D eigenvalue weighted by molar-refractivity contribution is 5.62. The molecule has 1 aromatic carbocycles. The van der Waals surface area contributed by atoms with E-state index in [0.717, 1.165) is 31.6 Å². The summed E-state index contributed by atoms with van der Waals surface area (Å²) in [5.74, 6) is 1.53. The highest BCUT2D eigenvalue weighted by Crippen LogP contribution is 2.67. The van der Waals surface area contributed by atoms with Crippen LogP contribution in [-0.2, 0) is 11.8 Å². The quantitative estimate of drug-likeness (QED) is 0.783. The van der Waals surface area contributed by atoms with Crippen LogP contribution in [0.25, 0.3) is 0 Å². The van der Waals surface area contributed by atoms with E-state index < -0.39 is 0 Å². The molecule has 2 N–H and O–H groups in total. The van der Waals surface area contributed by atoms with Crippen LogP contribution in [-0.4, -0.2) is 23.8 Å². The van der Waals surface area contributed by atoms with Crippen LogP contribution in [0.4, 0.5) is 0 Å². The molecule has 1 spiro atoms. The number of ether oxygens (including phenoxy) is 1. The zero-order valence-electron chi connectivity index (χ0n) is 13.2. The lowest BCUT2D eigenvalue weighted by molar-refractivity contribution is -0.0270. The van der Waals surface area contributed by atoms with E-state index in [0.29, 0.717) is 17.7 Å². The standard InChI is InChI=1S/C19H23NO2/c1-3-11-6-7-18(2)14-10-12-4-5-13(21)16-15(12)19(18,8-9-20-14)17(11)22-16/h4-7,11,14,17,20-21H,3,8-10H2,1-2H3. The number of piperidine rings is 1. The van der Waals surface area contributed by atoms with Gasteiger partial charge in [0.05, 0.1) is 0 Å². The minimum atomic E-state index is 0.0278. The van der Waals surface area contributed by atoms with Crippen molar-refractivity contribution in [1.82, 2.24) is 5.32 Å². The van der Waals surface area contributed by atoms with Gasteiger partial charge in [0.25, 0.3) is 0 Å². The van der Waals surface area contributed by atoms with Crippen molar-refractivity contribution in [1.29, 1.82) is 0 Å². The third-order valence-corrected chi connectivity index (χ3v) is 6.97. The van der Waals surface area contributed by atoms with E-state index in [4.69, 9.17) is 4.74 Å². The predicted molar refractivity (Wildman–Crippen MR) is 85.3 cm³/mol. The van der Waals surface area contributed by atoms with Gasteiger partial charge in [0.15, 0.2) is 11.5 Å². The van der Waals surface area contributed by atoms with Crippen molar-refractivity contribution in [2.75, 3.05) is 6.54 Å². The number of hydrogen-bond donors (Lipinski definition) is 2. The maximum Gasteiger partial charge on any atom is 0.165 e. The number of nitrogens with one attached hydrogen (secondary N) is 1. The summed E-state index contributed by atoms with van der Waals surface area (Å²) in [7, 11) is 0. The second kappa shape index (κ2) is 3.88. The van der Waals surface area contributed by atoms with E-state index in [-0.39, 0.29) is 16.9 Å². The van der Waals surface area contributed by atoms with Crippen molar-refractivity contribution in [2.24, 2.45) is 11.3 Å². The molecule has 0 aromatic heterocycles. The first-order chi connectivity index (χ1) is 10.6. The first-order valence-electron chi connectivity index (χ1n) is 8.56. The molecule has 1 aromatic rings. The summed E-state index contributed by atoms with van der Waals surface area (Å²) in [6.07, 6.45) is 8.20. The van der Waals surface area contributed by atoms with Crippen molar-refractivity contribution < 1.29 is 9.84 Å². The number of aromatic hydroxyl groups is 1. The van der Waals surface area contributed by atoms with Gasteiger partial charge in [0.1, 0.15) is 6.10 Å². The molecule has 3 nitrogen and oxygen atoms in total. The smallest absolute Gasteiger partial charge is 0.165 e. The van der Waals surface area contributed by atoms with Gasteiger partial charge in [-0.2, -0.15) is 0 Å². The molecule has 0 saturated carbocycles. The van der Waals surface area contributed by atoms with Gasteiger partial charge in [0.2, 0.25) is 0 Å². The van der Waals surface area contributed by atoms with Crippen molar-refractivity contribution >= 4 is 0 Å². The zero-order chi connectivity index (χ0) is 15.1. The van der Waals surface area contributed by atoms with E-state index >= 15 is 0 Å². The molecule has 5 rings (SSSR count). The van der Waals surface area contributed by atoms with Gasteiger partial charge >= 0.3 is 0 Å². The van der Waals surface area contributed by atoms with Crippen LogP contribution in [0.5, 0.6) is 11.5 Å². The maximum absolute atomic E-state index is 10.4. The van der Waals surface area contributed by atoms with E-state index in [2.05, 4.69) is 37.4 Å². The topological polar surface area (TPSA) is 41.5 Å². The van der Waals surface area contributed by atoms with Crippen molar-refractivity contribution in [3.05, 3.63) is 35.4 Å². The van der Waals surface area contributed by atoms with Gasteiger partial charge in [-0.1, -0.05) is 32.1 Å². The van der Waals surface area contributed by atoms with Crippen molar-refractivity contribution in [3.8, 4) is 11.5 Å². The molecule has 2 bridgehead atoms. The summed E-state index contributed by atoms with van der Waals surface area (Å²) in [4.78, 5) is 0. The lowest BCUT2D eigenvalue weighted by Crippen LogP contribution is -2.69.